The van der Waals surface area contributed by atoms with Gasteiger partial charge in [0.15, 0.2) is 0 Å². The molecule has 0 unspecified atom stereocenters. The van der Waals surface area contributed by atoms with Crippen molar-refractivity contribution in [3.05, 3.63) is 0 Å². The predicted octanol–water partition coefficient (Wildman–Crippen LogP) is 1.36. The van der Waals surface area contributed by atoms with Crippen molar-refractivity contribution in [2.45, 2.75) is 45.9 Å². The van der Waals surface area contributed by atoms with Gasteiger partial charge < -0.3 is 26.3 Å². The number of rotatable bonds is 10. The predicted molar refractivity (Wildman–Crippen MR) is 77.8 cm³/mol. The van der Waals surface area contributed by atoms with Gasteiger partial charge >= 0.3 is 0 Å². The van der Waals surface area contributed by atoms with Gasteiger partial charge in [-0.15, -0.1) is 0 Å². The van der Waals surface area contributed by atoms with Crippen molar-refractivity contribution in [2.75, 3.05) is 30.0 Å². The molecular weight excluding hydrogens is 260 g/mol. The monoisotopic (exact) mass is 284 g/mol. The molecule has 0 saturated heterocycles. The highest BCUT2D eigenvalue weighted by Gasteiger charge is 2.12. The molecule has 5 N–H and O–H groups in total. The Bertz CT molecular complexity index is 360. The first-order chi connectivity index (χ1) is 9.65. The molecular formula is C12H24N6O2. The number of nitrogen functional groups attached to an aromatic ring is 2. The van der Waals surface area contributed by atoms with Crippen molar-refractivity contribution in [2.24, 2.45) is 0 Å². The maximum atomic E-state index is 5.60. The lowest BCUT2D eigenvalue weighted by Gasteiger charge is -2.19. The third-order valence-corrected chi connectivity index (χ3v) is 2.45. The van der Waals surface area contributed by atoms with Gasteiger partial charge in [-0.2, -0.15) is 15.0 Å². The van der Waals surface area contributed by atoms with E-state index in [1.807, 2.05) is 0 Å². The molecule has 0 spiro atoms. The summed E-state index contributed by atoms with van der Waals surface area (Å²) < 4.78 is 11.2. The lowest BCUT2D eigenvalue weighted by Crippen LogP contribution is -2.29. The summed E-state index contributed by atoms with van der Waals surface area (Å²) in [6, 6.07) is 0. The number of unbranched alkanes of at least 4 members (excludes halogenated alkanes) is 2. The first-order valence-corrected chi connectivity index (χ1v) is 6.92. The van der Waals surface area contributed by atoms with Crippen LogP contribution in [0, 0.1) is 0 Å². The topological polar surface area (TPSA) is 121 Å². The van der Waals surface area contributed by atoms with Crippen molar-refractivity contribution >= 4 is 17.8 Å². The van der Waals surface area contributed by atoms with E-state index in [4.69, 9.17) is 20.9 Å². The molecule has 0 saturated carbocycles. The molecule has 1 aromatic heterocycles. The third-order valence-electron chi connectivity index (χ3n) is 2.45. The minimum Gasteiger partial charge on any atom is -0.368 e. The summed E-state index contributed by atoms with van der Waals surface area (Å²) in [5.74, 6) is 0.356. The number of nitrogens with two attached hydrogens (primary N) is 2. The standard InChI is InChI=1S/C12H24N6O2/c1-3-5-7-19-12(20-8-6-4-2)18-11-16-9(13)15-10(14)17-11/h12H,3-8H2,1-2H3,(H5,13,14,15,16,17,18). The van der Waals surface area contributed by atoms with E-state index in [2.05, 4.69) is 34.1 Å². The smallest absolute Gasteiger partial charge is 0.240 e. The summed E-state index contributed by atoms with van der Waals surface area (Å²) >= 11 is 0. The molecule has 0 atom stereocenters. The Balaban J connectivity index is 2.56. The number of nitrogens with zero attached hydrogens (tertiary/aromatic N) is 3. The molecule has 0 fully saturated rings. The molecule has 0 aliphatic rings. The molecule has 1 aromatic rings. The average molecular weight is 284 g/mol. The summed E-state index contributed by atoms with van der Waals surface area (Å²) in [6.45, 7) is 5.38. The molecule has 20 heavy (non-hydrogen) atoms. The quantitative estimate of drug-likeness (QED) is 0.435. The van der Waals surface area contributed by atoms with Crippen molar-refractivity contribution in [1.29, 1.82) is 0 Å². The molecule has 1 heterocycles. The van der Waals surface area contributed by atoms with Crippen LogP contribution in [0.25, 0.3) is 0 Å². The zero-order valence-corrected chi connectivity index (χ0v) is 12.1. The Morgan fingerprint density at radius 2 is 1.45 bits per heavy atom. The Morgan fingerprint density at radius 1 is 0.950 bits per heavy atom. The summed E-state index contributed by atoms with van der Waals surface area (Å²) in [5, 5.41) is 2.91. The Morgan fingerprint density at radius 3 is 1.90 bits per heavy atom. The van der Waals surface area contributed by atoms with Crippen LogP contribution in [-0.4, -0.2) is 34.6 Å². The highest BCUT2D eigenvalue weighted by molar-refractivity contribution is 5.36. The zero-order chi connectivity index (χ0) is 14.8. The minimum absolute atomic E-state index is 0.0564. The first kappa shape index (κ1) is 16.4. The van der Waals surface area contributed by atoms with E-state index in [0.29, 0.717) is 13.2 Å². The number of hydrogen-bond donors (Lipinski definition) is 3. The van der Waals surface area contributed by atoms with E-state index in [9.17, 15) is 0 Å². The number of aromatic nitrogens is 3. The van der Waals surface area contributed by atoms with Crippen LogP contribution in [0.2, 0.25) is 0 Å². The van der Waals surface area contributed by atoms with Gasteiger partial charge in [0.05, 0.1) is 13.2 Å². The van der Waals surface area contributed by atoms with E-state index >= 15 is 0 Å². The van der Waals surface area contributed by atoms with Gasteiger partial charge in [0.25, 0.3) is 0 Å². The van der Waals surface area contributed by atoms with Crippen LogP contribution in [0.3, 0.4) is 0 Å². The van der Waals surface area contributed by atoms with Crippen LogP contribution in [0.15, 0.2) is 0 Å². The highest BCUT2D eigenvalue weighted by atomic mass is 16.7. The number of nitrogens with one attached hydrogen (secondary N) is 1. The van der Waals surface area contributed by atoms with E-state index in [1.165, 1.54) is 0 Å². The van der Waals surface area contributed by atoms with Crippen LogP contribution in [-0.2, 0) is 9.47 Å². The van der Waals surface area contributed by atoms with Crippen molar-refractivity contribution in [1.82, 2.24) is 15.0 Å². The lowest BCUT2D eigenvalue weighted by molar-refractivity contribution is -0.125. The molecule has 0 radical (unpaired) electrons. The SMILES string of the molecule is CCCCOC(Nc1nc(N)nc(N)n1)OCCCC. The van der Waals surface area contributed by atoms with E-state index < -0.39 is 6.41 Å². The average Bonchev–Trinajstić information content (AvgIpc) is 2.38. The largest absolute Gasteiger partial charge is 0.368 e. The fraction of sp³-hybridized carbons (Fsp3) is 0.750. The van der Waals surface area contributed by atoms with Crippen molar-refractivity contribution in [3.63, 3.8) is 0 Å². The van der Waals surface area contributed by atoms with Crippen LogP contribution in [0.1, 0.15) is 39.5 Å². The van der Waals surface area contributed by atoms with Gasteiger partial charge in [-0.05, 0) is 12.8 Å². The normalized spacial score (nSPS) is 10.9. The molecule has 8 heteroatoms. The lowest BCUT2D eigenvalue weighted by atomic mass is 10.4. The molecule has 0 aliphatic heterocycles. The fourth-order valence-electron chi connectivity index (χ4n) is 1.38. The second-order valence-electron chi connectivity index (χ2n) is 4.30. The van der Waals surface area contributed by atoms with E-state index in [0.717, 1.165) is 25.7 Å². The molecule has 0 bridgehead atoms. The second kappa shape index (κ2) is 9.27. The van der Waals surface area contributed by atoms with Gasteiger partial charge in [-0.1, -0.05) is 26.7 Å². The highest BCUT2D eigenvalue weighted by Crippen LogP contribution is 2.08. The molecule has 0 aliphatic carbocycles. The molecule has 0 aromatic carbocycles. The van der Waals surface area contributed by atoms with E-state index in [-0.39, 0.29) is 17.8 Å². The summed E-state index contributed by atoms with van der Waals surface area (Å²) in [4.78, 5) is 11.6. The Kier molecular flexibility index (Phi) is 7.59. The van der Waals surface area contributed by atoms with Gasteiger partial charge in [0, 0.05) is 0 Å². The van der Waals surface area contributed by atoms with Gasteiger partial charge in [0.1, 0.15) is 0 Å². The van der Waals surface area contributed by atoms with Crippen LogP contribution in [0.5, 0.6) is 0 Å². The minimum atomic E-state index is -0.616. The molecule has 8 nitrogen and oxygen atoms in total. The van der Waals surface area contributed by atoms with Gasteiger partial charge in [0.2, 0.25) is 24.3 Å². The number of anilines is 3. The number of hydrogen-bond acceptors (Lipinski definition) is 8. The Hall–Kier alpha value is -1.67. The molecule has 1 rings (SSSR count). The summed E-state index contributed by atoms with van der Waals surface area (Å²) in [6.07, 6.45) is 3.39. The van der Waals surface area contributed by atoms with Crippen LogP contribution >= 0.6 is 0 Å². The maximum Gasteiger partial charge on any atom is 0.240 e. The molecule has 0 amide bonds. The van der Waals surface area contributed by atoms with Crippen molar-refractivity contribution in [3.8, 4) is 0 Å². The summed E-state index contributed by atoms with van der Waals surface area (Å²) in [5.41, 5.74) is 11.0. The van der Waals surface area contributed by atoms with Crippen molar-refractivity contribution < 1.29 is 9.47 Å². The number of ether oxygens (including phenoxy) is 2. The summed E-state index contributed by atoms with van der Waals surface area (Å²) in [7, 11) is 0. The maximum absolute atomic E-state index is 5.60. The van der Waals surface area contributed by atoms with Gasteiger partial charge in [-0.25, -0.2) is 0 Å². The third kappa shape index (κ3) is 6.48. The van der Waals surface area contributed by atoms with E-state index in [1.54, 1.807) is 0 Å². The fourth-order valence-corrected chi connectivity index (χ4v) is 1.38. The zero-order valence-electron chi connectivity index (χ0n) is 12.1. The molecule has 114 valence electrons. The van der Waals surface area contributed by atoms with Gasteiger partial charge in [-0.3, -0.25) is 0 Å². The van der Waals surface area contributed by atoms with Crippen LogP contribution < -0.4 is 16.8 Å². The Labute approximate surface area is 119 Å². The first-order valence-electron chi connectivity index (χ1n) is 6.92. The second-order valence-corrected chi connectivity index (χ2v) is 4.30. The van der Waals surface area contributed by atoms with Crippen LogP contribution in [0.4, 0.5) is 17.8 Å².